The SMILES string of the molecule is COC(CC(C)(O)c1cnnn1-c1ccccc1)OC. The van der Waals surface area contributed by atoms with Gasteiger partial charge in [0.1, 0.15) is 5.60 Å². The van der Waals surface area contributed by atoms with E-state index >= 15 is 0 Å². The Balaban J connectivity index is 2.31. The summed E-state index contributed by atoms with van der Waals surface area (Å²) in [7, 11) is 3.08. The van der Waals surface area contributed by atoms with Crippen molar-refractivity contribution < 1.29 is 14.6 Å². The van der Waals surface area contributed by atoms with E-state index in [1.807, 2.05) is 30.3 Å². The van der Waals surface area contributed by atoms with Crippen molar-refractivity contribution in [3.63, 3.8) is 0 Å². The van der Waals surface area contributed by atoms with E-state index < -0.39 is 11.9 Å². The molecule has 1 aromatic heterocycles. The van der Waals surface area contributed by atoms with Gasteiger partial charge in [0.2, 0.25) is 0 Å². The average Bonchev–Trinajstić information content (AvgIpc) is 2.96. The molecule has 0 aliphatic carbocycles. The fourth-order valence-electron chi connectivity index (χ4n) is 2.05. The zero-order valence-electron chi connectivity index (χ0n) is 11.9. The molecule has 0 aliphatic rings. The second-order valence-electron chi connectivity index (χ2n) is 4.75. The molecule has 0 bridgehead atoms. The number of hydrogen-bond acceptors (Lipinski definition) is 5. The third kappa shape index (κ3) is 3.04. The summed E-state index contributed by atoms with van der Waals surface area (Å²) in [6, 6.07) is 9.53. The lowest BCUT2D eigenvalue weighted by Gasteiger charge is -2.27. The van der Waals surface area contributed by atoms with Crippen molar-refractivity contribution in [2.24, 2.45) is 0 Å². The zero-order valence-corrected chi connectivity index (χ0v) is 11.9. The normalized spacial score (nSPS) is 14.4. The third-order valence-corrected chi connectivity index (χ3v) is 3.19. The summed E-state index contributed by atoms with van der Waals surface area (Å²) in [4.78, 5) is 0. The van der Waals surface area contributed by atoms with Gasteiger partial charge in [0, 0.05) is 20.6 Å². The highest BCUT2D eigenvalue weighted by molar-refractivity contribution is 5.32. The molecule has 0 amide bonds. The first-order chi connectivity index (χ1) is 9.58. The van der Waals surface area contributed by atoms with Gasteiger partial charge in [-0.2, -0.15) is 0 Å². The van der Waals surface area contributed by atoms with Gasteiger partial charge in [-0.05, 0) is 19.1 Å². The van der Waals surface area contributed by atoms with Crippen LogP contribution in [0.15, 0.2) is 36.5 Å². The van der Waals surface area contributed by atoms with Gasteiger partial charge in [-0.25, -0.2) is 4.68 Å². The molecule has 108 valence electrons. The van der Waals surface area contributed by atoms with Gasteiger partial charge in [-0.3, -0.25) is 0 Å². The quantitative estimate of drug-likeness (QED) is 0.810. The summed E-state index contributed by atoms with van der Waals surface area (Å²) in [6.07, 6.45) is 1.33. The Labute approximate surface area is 117 Å². The molecule has 2 aromatic rings. The van der Waals surface area contributed by atoms with E-state index in [0.717, 1.165) is 5.69 Å². The van der Waals surface area contributed by atoms with Crippen LogP contribution in [0.1, 0.15) is 19.0 Å². The van der Waals surface area contributed by atoms with E-state index in [4.69, 9.17) is 9.47 Å². The Morgan fingerprint density at radius 2 is 1.90 bits per heavy atom. The summed E-state index contributed by atoms with van der Waals surface area (Å²) in [5.41, 5.74) is 0.255. The van der Waals surface area contributed by atoms with Crippen molar-refractivity contribution in [2.75, 3.05) is 14.2 Å². The minimum atomic E-state index is -1.17. The van der Waals surface area contributed by atoms with Crippen LogP contribution in [0.2, 0.25) is 0 Å². The minimum Gasteiger partial charge on any atom is -0.384 e. The Morgan fingerprint density at radius 3 is 2.50 bits per heavy atom. The highest BCUT2D eigenvalue weighted by Gasteiger charge is 2.32. The van der Waals surface area contributed by atoms with Gasteiger partial charge >= 0.3 is 0 Å². The molecule has 20 heavy (non-hydrogen) atoms. The van der Waals surface area contributed by atoms with Crippen molar-refractivity contribution in [3.05, 3.63) is 42.2 Å². The largest absolute Gasteiger partial charge is 0.384 e. The summed E-state index contributed by atoms with van der Waals surface area (Å²) in [5.74, 6) is 0. The molecule has 6 nitrogen and oxygen atoms in total. The number of nitrogens with zero attached hydrogens (tertiary/aromatic N) is 3. The number of ether oxygens (including phenoxy) is 2. The number of aliphatic hydroxyl groups is 1. The molecule has 0 radical (unpaired) electrons. The molecule has 6 heteroatoms. The maximum Gasteiger partial charge on any atom is 0.159 e. The number of para-hydroxylation sites is 1. The maximum atomic E-state index is 10.7. The van der Waals surface area contributed by atoms with Crippen LogP contribution in [0.4, 0.5) is 0 Å². The second-order valence-corrected chi connectivity index (χ2v) is 4.75. The number of benzene rings is 1. The molecule has 0 fully saturated rings. The summed E-state index contributed by atoms with van der Waals surface area (Å²) < 4.78 is 11.9. The van der Waals surface area contributed by atoms with Gasteiger partial charge < -0.3 is 14.6 Å². The van der Waals surface area contributed by atoms with E-state index in [-0.39, 0.29) is 6.42 Å². The monoisotopic (exact) mass is 277 g/mol. The molecule has 0 saturated heterocycles. The number of hydrogen-bond donors (Lipinski definition) is 1. The Bertz CT molecular complexity index is 536. The molecule has 1 N–H and O–H groups in total. The lowest BCUT2D eigenvalue weighted by molar-refractivity contribution is -0.143. The van der Waals surface area contributed by atoms with Crippen LogP contribution in [0, 0.1) is 0 Å². The van der Waals surface area contributed by atoms with Crippen LogP contribution in [-0.4, -0.2) is 40.6 Å². The predicted molar refractivity (Wildman–Crippen MR) is 73.4 cm³/mol. The molecule has 0 aliphatic heterocycles. The van der Waals surface area contributed by atoms with Gasteiger partial charge in [0.05, 0.1) is 17.6 Å². The van der Waals surface area contributed by atoms with Crippen LogP contribution in [0.25, 0.3) is 5.69 Å². The van der Waals surface area contributed by atoms with E-state index in [9.17, 15) is 5.11 Å². The summed E-state index contributed by atoms with van der Waals surface area (Å²) >= 11 is 0. The Hall–Kier alpha value is -1.76. The van der Waals surface area contributed by atoms with Crippen molar-refractivity contribution in [1.29, 1.82) is 0 Å². The van der Waals surface area contributed by atoms with Gasteiger partial charge in [-0.1, -0.05) is 23.4 Å². The van der Waals surface area contributed by atoms with E-state index in [1.165, 1.54) is 14.2 Å². The number of methoxy groups -OCH3 is 2. The molecule has 1 heterocycles. The van der Waals surface area contributed by atoms with Crippen LogP contribution < -0.4 is 0 Å². The van der Waals surface area contributed by atoms with Crippen LogP contribution in [0.3, 0.4) is 0 Å². The molecule has 0 saturated carbocycles. The molecule has 1 unspecified atom stereocenters. The van der Waals surface area contributed by atoms with Crippen molar-refractivity contribution in [2.45, 2.75) is 25.2 Å². The lowest BCUT2D eigenvalue weighted by Crippen LogP contribution is -2.31. The molecule has 1 atom stereocenters. The van der Waals surface area contributed by atoms with Gasteiger partial charge in [0.25, 0.3) is 0 Å². The lowest BCUT2D eigenvalue weighted by atomic mass is 9.98. The van der Waals surface area contributed by atoms with Crippen molar-refractivity contribution >= 4 is 0 Å². The fourth-order valence-corrected chi connectivity index (χ4v) is 2.05. The first kappa shape index (κ1) is 14.6. The minimum absolute atomic E-state index is 0.278. The van der Waals surface area contributed by atoms with Gasteiger partial charge in [-0.15, -0.1) is 5.10 Å². The van der Waals surface area contributed by atoms with Crippen LogP contribution in [0.5, 0.6) is 0 Å². The van der Waals surface area contributed by atoms with Crippen LogP contribution in [-0.2, 0) is 15.1 Å². The highest BCUT2D eigenvalue weighted by Crippen LogP contribution is 2.27. The van der Waals surface area contributed by atoms with E-state index in [2.05, 4.69) is 10.3 Å². The third-order valence-electron chi connectivity index (χ3n) is 3.19. The molecule has 0 spiro atoms. The summed E-state index contributed by atoms with van der Waals surface area (Å²) in [6.45, 7) is 1.69. The standard InChI is InChI=1S/C14H19N3O3/c1-14(18,9-13(19-2)20-3)12-10-15-16-17(12)11-7-5-4-6-8-11/h4-8,10,13,18H,9H2,1-3H3. The topological polar surface area (TPSA) is 69.4 Å². The highest BCUT2D eigenvalue weighted by atomic mass is 16.7. The molecular weight excluding hydrogens is 258 g/mol. The number of aromatic nitrogens is 3. The van der Waals surface area contributed by atoms with E-state index in [1.54, 1.807) is 17.8 Å². The Kier molecular flexibility index (Phi) is 4.49. The first-order valence-electron chi connectivity index (χ1n) is 6.33. The smallest absolute Gasteiger partial charge is 0.159 e. The molecule has 2 rings (SSSR count). The zero-order chi connectivity index (χ0) is 14.6. The maximum absolute atomic E-state index is 10.7. The van der Waals surface area contributed by atoms with Crippen molar-refractivity contribution in [3.8, 4) is 5.69 Å². The second kappa shape index (κ2) is 6.13. The first-order valence-corrected chi connectivity index (χ1v) is 6.33. The average molecular weight is 277 g/mol. The predicted octanol–water partition coefficient (Wildman–Crippen LogP) is 1.48. The van der Waals surface area contributed by atoms with Gasteiger partial charge in [0.15, 0.2) is 6.29 Å². The Morgan fingerprint density at radius 1 is 1.25 bits per heavy atom. The van der Waals surface area contributed by atoms with Crippen molar-refractivity contribution in [1.82, 2.24) is 15.0 Å². The fraction of sp³-hybridized carbons (Fsp3) is 0.429. The van der Waals surface area contributed by atoms with E-state index in [0.29, 0.717) is 5.69 Å². The summed E-state index contributed by atoms with van der Waals surface area (Å²) in [5, 5.41) is 18.6. The molecule has 1 aromatic carbocycles. The number of rotatable bonds is 6. The van der Waals surface area contributed by atoms with Crippen LogP contribution >= 0.6 is 0 Å². The molecular formula is C14H19N3O3.